The minimum Gasteiger partial charge on any atom is -0.360 e. The number of aromatic nitrogens is 4. The van der Waals surface area contributed by atoms with E-state index >= 15 is 0 Å². The van der Waals surface area contributed by atoms with Gasteiger partial charge in [-0.2, -0.15) is 19.3 Å². The van der Waals surface area contributed by atoms with Crippen LogP contribution in [0.25, 0.3) is 0 Å². The molecule has 1 atom stereocenters. The Morgan fingerprint density at radius 2 is 2.00 bits per heavy atom. The SMILES string of the molecule is Cc1noc(C)c1S(=O)(=O)N1CCC(n2nccn2)C1. The van der Waals surface area contributed by atoms with E-state index < -0.39 is 10.0 Å². The molecule has 1 unspecified atom stereocenters. The first-order valence-corrected chi connectivity index (χ1v) is 7.73. The van der Waals surface area contributed by atoms with Crippen LogP contribution in [0.3, 0.4) is 0 Å². The lowest BCUT2D eigenvalue weighted by atomic mass is 10.3. The summed E-state index contributed by atoms with van der Waals surface area (Å²) in [5, 5.41) is 11.8. The van der Waals surface area contributed by atoms with Crippen molar-refractivity contribution in [2.24, 2.45) is 0 Å². The summed E-state index contributed by atoms with van der Waals surface area (Å²) in [6.45, 7) is 4.04. The predicted molar refractivity (Wildman–Crippen MR) is 68.4 cm³/mol. The topological polar surface area (TPSA) is 94.1 Å². The van der Waals surface area contributed by atoms with Gasteiger partial charge in [-0.25, -0.2) is 8.42 Å². The van der Waals surface area contributed by atoms with Crippen LogP contribution in [0.1, 0.15) is 23.9 Å². The maximum atomic E-state index is 12.6. The van der Waals surface area contributed by atoms with Gasteiger partial charge in [-0.05, 0) is 20.3 Å². The summed E-state index contributed by atoms with van der Waals surface area (Å²) in [6.07, 6.45) is 3.87. The molecule has 1 aliphatic heterocycles. The molecule has 9 heteroatoms. The van der Waals surface area contributed by atoms with Crippen LogP contribution < -0.4 is 0 Å². The first-order valence-electron chi connectivity index (χ1n) is 6.29. The van der Waals surface area contributed by atoms with Gasteiger partial charge in [0.1, 0.15) is 10.6 Å². The highest BCUT2D eigenvalue weighted by Gasteiger charge is 2.37. The summed E-state index contributed by atoms with van der Waals surface area (Å²) in [5.74, 6) is 0.322. The van der Waals surface area contributed by atoms with Gasteiger partial charge in [0.25, 0.3) is 0 Å². The van der Waals surface area contributed by atoms with E-state index in [0.717, 1.165) is 0 Å². The zero-order chi connectivity index (χ0) is 14.3. The minimum atomic E-state index is -3.57. The normalized spacial score (nSPS) is 20.6. The van der Waals surface area contributed by atoms with Gasteiger partial charge >= 0.3 is 0 Å². The van der Waals surface area contributed by atoms with E-state index in [9.17, 15) is 8.42 Å². The summed E-state index contributed by atoms with van der Waals surface area (Å²) in [7, 11) is -3.57. The molecule has 2 aromatic heterocycles. The Balaban J connectivity index is 1.87. The van der Waals surface area contributed by atoms with Gasteiger partial charge in [0.15, 0.2) is 5.76 Å². The molecule has 1 fully saturated rings. The van der Waals surface area contributed by atoms with E-state index in [1.807, 2.05) is 0 Å². The van der Waals surface area contributed by atoms with Gasteiger partial charge in [0, 0.05) is 13.1 Å². The van der Waals surface area contributed by atoms with E-state index in [2.05, 4.69) is 15.4 Å². The maximum Gasteiger partial charge on any atom is 0.248 e. The summed E-state index contributed by atoms with van der Waals surface area (Å²) >= 11 is 0. The monoisotopic (exact) mass is 297 g/mol. The maximum absolute atomic E-state index is 12.6. The molecular weight excluding hydrogens is 282 g/mol. The summed E-state index contributed by atoms with van der Waals surface area (Å²) in [4.78, 5) is 1.73. The summed E-state index contributed by atoms with van der Waals surface area (Å²) < 4.78 is 31.6. The van der Waals surface area contributed by atoms with Gasteiger partial charge in [-0.3, -0.25) is 0 Å². The van der Waals surface area contributed by atoms with Crippen molar-refractivity contribution in [3.63, 3.8) is 0 Å². The first-order chi connectivity index (χ1) is 9.50. The van der Waals surface area contributed by atoms with Crippen LogP contribution in [-0.2, 0) is 10.0 Å². The van der Waals surface area contributed by atoms with E-state index in [-0.39, 0.29) is 10.9 Å². The average Bonchev–Trinajstić information content (AvgIpc) is 3.08. The molecule has 0 saturated carbocycles. The van der Waals surface area contributed by atoms with Crippen molar-refractivity contribution in [3.05, 3.63) is 23.8 Å². The van der Waals surface area contributed by atoms with Crippen LogP contribution in [-0.4, -0.2) is 46.0 Å². The molecular formula is C11H15N5O3S. The molecule has 3 heterocycles. The van der Waals surface area contributed by atoms with Crippen molar-refractivity contribution in [3.8, 4) is 0 Å². The van der Waals surface area contributed by atoms with E-state index in [4.69, 9.17) is 4.52 Å². The Bertz CT molecular complexity index is 687. The van der Waals surface area contributed by atoms with Crippen molar-refractivity contribution in [2.45, 2.75) is 31.2 Å². The fourth-order valence-corrected chi connectivity index (χ4v) is 4.29. The quantitative estimate of drug-likeness (QED) is 0.819. The Hall–Kier alpha value is -1.74. The van der Waals surface area contributed by atoms with Crippen LogP contribution in [0.15, 0.2) is 21.8 Å². The average molecular weight is 297 g/mol. The molecule has 1 saturated heterocycles. The van der Waals surface area contributed by atoms with Crippen molar-refractivity contribution in [2.75, 3.05) is 13.1 Å². The lowest BCUT2D eigenvalue weighted by Crippen LogP contribution is -2.30. The van der Waals surface area contributed by atoms with Crippen LogP contribution in [0, 0.1) is 13.8 Å². The van der Waals surface area contributed by atoms with E-state index in [1.165, 1.54) is 4.31 Å². The zero-order valence-electron chi connectivity index (χ0n) is 11.2. The van der Waals surface area contributed by atoms with Gasteiger partial charge < -0.3 is 4.52 Å². The molecule has 0 amide bonds. The number of nitrogens with zero attached hydrogens (tertiary/aromatic N) is 5. The largest absolute Gasteiger partial charge is 0.360 e. The molecule has 0 spiro atoms. The van der Waals surface area contributed by atoms with Gasteiger partial charge in [-0.1, -0.05) is 5.16 Å². The smallest absolute Gasteiger partial charge is 0.248 e. The highest BCUT2D eigenvalue weighted by Crippen LogP contribution is 2.29. The van der Waals surface area contributed by atoms with Crippen LogP contribution in [0.5, 0.6) is 0 Å². The van der Waals surface area contributed by atoms with Crippen LogP contribution in [0.2, 0.25) is 0 Å². The third-order valence-corrected chi connectivity index (χ3v) is 5.57. The third-order valence-electron chi connectivity index (χ3n) is 3.46. The molecule has 1 aliphatic rings. The lowest BCUT2D eigenvalue weighted by Gasteiger charge is -2.15. The first kappa shape index (κ1) is 13.3. The third kappa shape index (κ3) is 2.02. The number of hydrogen-bond acceptors (Lipinski definition) is 6. The highest BCUT2D eigenvalue weighted by atomic mass is 32.2. The Morgan fingerprint density at radius 1 is 1.30 bits per heavy atom. The molecule has 0 radical (unpaired) electrons. The molecule has 0 bridgehead atoms. The van der Waals surface area contributed by atoms with Gasteiger partial charge in [-0.15, -0.1) is 0 Å². The molecule has 108 valence electrons. The van der Waals surface area contributed by atoms with Crippen molar-refractivity contribution >= 4 is 10.0 Å². The number of hydrogen-bond donors (Lipinski definition) is 0. The number of sulfonamides is 1. The molecule has 0 aromatic carbocycles. The second-order valence-corrected chi connectivity index (χ2v) is 6.68. The fraction of sp³-hybridized carbons (Fsp3) is 0.545. The Morgan fingerprint density at radius 3 is 2.60 bits per heavy atom. The highest BCUT2D eigenvalue weighted by molar-refractivity contribution is 7.89. The zero-order valence-corrected chi connectivity index (χ0v) is 12.0. The van der Waals surface area contributed by atoms with E-state index in [0.29, 0.717) is 31.0 Å². The molecule has 0 N–H and O–H groups in total. The second-order valence-electron chi connectivity index (χ2n) is 4.81. The van der Waals surface area contributed by atoms with Gasteiger partial charge in [0.2, 0.25) is 10.0 Å². The standard InChI is InChI=1S/C11H15N5O3S/c1-8-11(9(2)19-14-8)20(17,18)15-6-3-10(7-15)16-12-4-5-13-16/h4-5,10H,3,6-7H2,1-2H3. The molecule has 3 rings (SSSR count). The molecule has 2 aromatic rings. The fourth-order valence-electron chi connectivity index (χ4n) is 2.50. The summed E-state index contributed by atoms with van der Waals surface area (Å²) in [6, 6.07) is -0.0275. The Labute approximate surface area is 116 Å². The lowest BCUT2D eigenvalue weighted by molar-refractivity contribution is 0.388. The molecule has 20 heavy (non-hydrogen) atoms. The molecule has 8 nitrogen and oxygen atoms in total. The van der Waals surface area contributed by atoms with E-state index in [1.54, 1.807) is 31.0 Å². The van der Waals surface area contributed by atoms with Crippen molar-refractivity contribution in [1.29, 1.82) is 0 Å². The second kappa shape index (κ2) is 4.67. The number of aryl methyl sites for hydroxylation is 2. The molecule has 0 aliphatic carbocycles. The van der Waals surface area contributed by atoms with Gasteiger partial charge in [0.05, 0.1) is 18.4 Å². The Kier molecular flexibility index (Phi) is 3.09. The summed E-state index contributed by atoms with van der Waals surface area (Å²) in [5.41, 5.74) is 0.392. The van der Waals surface area contributed by atoms with Crippen LogP contribution in [0.4, 0.5) is 0 Å². The number of rotatable bonds is 3. The predicted octanol–water partition coefficient (Wildman–Crippen LogP) is 0.519. The van der Waals surface area contributed by atoms with Crippen LogP contribution >= 0.6 is 0 Å². The van der Waals surface area contributed by atoms with Crippen molar-refractivity contribution < 1.29 is 12.9 Å². The minimum absolute atomic E-state index is 0.0275. The van der Waals surface area contributed by atoms with Crippen molar-refractivity contribution in [1.82, 2.24) is 24.5 Å².